The fourth-order valence-corrected chi connectivity index (χ4v) is 3.06. The molecule has 0 radical (unpaired) electrons. The number of carbonyl (C=O) groups excluding carboxylic acids is 1. The minimum Gasteiger partial charge on any atom is -0.494 e. The molecule has 3 aromatic rings. The maximum Gasteiger partial charge on any atom is 0.251 e. The Morgan fingerprint density at radius 1 is 1.06 bits per heavy atom. The van der Waals surface area contributed by atoms with Gasteiger partial charge in [-0.1, -0.05) is 17.3 Å². The topological polar surface area (TPSA) is 82.8 Å². The van der Waals surface area contributed by atoms with Gasteiger partial charge in [-0.05, 0) is 63.1 Å². The van der Waals surface area contributed by atoms with E-state index in [1.807, 2.05) is 45.0 Å². The smallest absolute Gasteiger partial charge is 0.251 e. The summed E-state index contributed by atoms with van der Waals surface area (Å²) in [7, 11) is 1.54. The van der Waals surface area contributed by atoms with Crippen LogP contribution in [0.3, 0.4) is 0 Å². The van der Waals surface area contributed by atoms with Crippen LogP contribution in [0.1, 0.15) is 39.4 Å². The third-order valence-electron chi connectivity index (χ3n) is 4.84. The van der Waals surface area contributed by atoms with Crippen LogP contribution in [0.2, 0.25) is 0 Å². The van der Waals surface area contributed by atoms with Gasteiger partial charge in [-0.3, -0.25) is 4.79 Å². The molecule has 0 bridgehead atoms. The number of hydrogen-bond acceptors (Lipinski definition) is 6. The molecule has 0 fully saturated rings. The van der Waals surface area contributed by atoms with Crippen molar-refractivity contribution in [2.24, 2.45) is 0 Å². The number of rotatable bonds is 10. The molecule has 0 saturated carbocycles. The van der Waals surface area contributed by atoms with Gasteiger partial charge in [-0.25, -0.2) is 0 Å². The lowest BCUT2D eigenvalue weighted by atomic mass is 10.2. The highest BCUT2D eigenvalue weighted by molar-refractivity contribution is 5.94. The van der Waals surface area contributed by atoms with Gasteiger partial charge in [0, 0.05) is 12.1 Å². The lowest BCUT2D eigenvalue weighted by Gasteiger charge is -2.12. The molecule has 7 heteroatoms. The molecule has 0 saturated heterocycles. The number of carbonyl (C=O) groups is 1. The van der Waals surface area contributed by atoms with E-state index in [4.69, 9.17) is 18.7 Å². The fraction of sp³-hybridized carbons (Fsp3) is 0.333. The van der Waals surface area contributed by atoms with Gasteiger partial charge in [0.2, 0.25) is 0 Å². The van der Waals surface area contributed by atoms with Gasteiger partial charge in [0.1, 0.15) is 18.1 Å². The molecule has 0 atom stereocenters. The summed E-state index contributed by atoms with van der Waals surface area (Å²) >= 11 is 0. The fourth-order valence-electron chi connectivity index (χ4n) is 3.06. The van der Waals surface area contributed by atoms with Gasteiger partial charge in [0.15, 0.2) is 11.5 Å². The lowest BCUT2D eigenvalue weighted by Crippen LogP contribution is -2.25. The molecule has 0 aliphatic heterocycles. The van der Waals surface area contributed by atoms with E-state index in [1.165, 1.54) is 0 Å². The molecule has 1 amide bonds. The summed E-state index contributed by atoms with van der Waals surface area (Å²) in [6, 6.07) is 13.0. The van der Waals surface area contributed by atoms with Crippen LogP contribution in [0.15, 0.2) is 47.0 Å². The van der Waals surface area contributed by atoms with Crippen molar-refractivity contribution in [3.63, 3.8) is 0 Å². The van der Waals surface area contributed by atoms with E-state index in [2.05, 4.69) is 10.5 Å². The molecule has 0 unspecified atom stereocenters. The van der Waals surface area contributed by atoms with Crippen LogP contribution in [-0.2, 0) is 6.61 Å². The first kappa shape index (κ1) is 22.2. The van der Waals surface area contributed by atoms with Gasteiger partial charge in [0.25, 0.3) is 5.91 Å². The molecular formula is C24H28N2O5. The Bertz CT molecular complexity index is 1010. The van der Waals surface area contributed by atoms with Crippen molar-refractivity contribution in [3.8, 4) is 17.2 Å². The second kappa shape index (κ2) is 10.5. The molecule has 7 nitrogen and oxygen atoms in total. The normalized spacial score (nSPS) is 10.6. The molecule has 1 N–H and O–H groups in total. The summed E-state index contributed by atoms with van der Waals surface area (Å²) in [6.45, 7) is 7.08. The van der Waals surface area contributed by atoms with Gasteiger partial charge in [-0.2, -0.15) is 0 Å². The summed E-state index contributed by atoms with van der Waals surface area (Å²) in [5.74, 6) is 2.42. The molecule has 0 spiro atoms. The van der Waals surface area contributed by atoms with Crippen LogP contribution in [-0.4, -0.2) is 31.3 Å². The van der Waals surface area contributed by atoms with Gasteiger partial charge in [0.05, 0.1) is 25.0 Å². The molecule has 1 heterocycles. The zero-order chi connectivity index (χ0) is 22.2. The summed E-state index contributed by atoms with van der Waals surface area (Å²) in [5.41, 5.74) is 3.34. The van der Waals surface area contributed by atoms with Crippen molar-refractivity contribution in [2.45, 2.75) is 33.8 Å². The summed E-state index contributed by atoms with van der Waals surface area (Å²) < 4.78 is 22.1. The number of nitrogens with zero attached hydrogens (tertiary/aromatic N) is 1. The monoisotopic (exact) mass is 424 g/mol. The third kappa shape index (κ3) is 6.01. The highest BCUT2D eigenvalue weighted by Crippen LogP contribution is 2.29. The van der Waals surface area contributed by atoms with Crippen LogP contribution in [0.25, 0.3) is 0 Å². The number of nitrogens with one attached hydrogen (secondary N) is 1. The first-order chi connectivity index (χ1) is 15.0. The maximum absolute atomic E-state index is 12.5. The highest BCUT2D eigenvalue weighted by atomic mass is 16.5. The molecule has 0 aliphatic rings. The van der Waals surface area contributed by atoms with Crippen LogP contribution >= 0.6 is 0 Å². The van der Waals surface area contributed by atoms with Crippen molar-refractivity contribution in [1.29, 1.82) is 0 Å². The number of ether oxygens (including phenoxy) is 3. The zero-order valence-corrected chi connectivity index (χ0v) is 18.4. The average molecular weight is 424 g/mol. The number of benzene rings is 2. The molecule has 31 heavy (non-hydrogen) atoms. The summed E-state index contributed by atoms with van der Waals surface area (Å²) in [6.07, 6.45) is 0.704. The van der Waals surface area contributed by atoms with E-state index in [9.17, 15) is 4.79 Å². The van der Waals surface area contributed by atoms with E-state index in [1.54, 1.807) is 25.3 Å². The Morgan fingerprint density at radius 3 is 2.61 bits per heavy atom. The van der Waals surface area contributed by atoms with Crippen molar-refractivity contribution in [1.82, 2.24) is 10.5 Å². The Morgan fingerprint density at radius 2 is 1.90 bits per heavy atom. The standard InChI is InChI=1S/C24H28N2O5/c1-16-7-5-8-20(13-16)29-12-6-11-25-24(27)19-9-10-22(23(14-19)28-4)30-15-21-17(2)26-31-18(21)3/h5,7-10,13-14H,6,11-12,15H2,1-4H3,(H,25,27). The first-order valence-corrected chi connectivity index (χ1v) is 10.2. The van der Waals surface area contributed by atoms with Crippen LogP contribution in [0.5, 0.6) is 17.2 Å². The number of amides is 1. The van der Waals surface area contributed by atoms with Crippen molar-refractivity contribution in [2.75, 3.05) is 20.3 Å². The molecule has 0 aliphatic carbocycles. The largest absolute Gasteiger partial charge is 0.494 e. The van der Waals surface area contributed by atoms with Gasteiger partial charge >= 0.3 is 0 Å². The molecular weight excluding hydrogens is 396 g/mol. The molecule has 3 rings (SSSR count). The maximum atomic E-state index is 12.5. The predicted molar refractivity (Wildman–Crippen MR) is 117 cm³/mol. The van der Waals surface area contributed by atoms with E-state index in [0.717, 1.165) is 28.3 Å². The second-order valence-electron chi connectivity index (χ2n) is 7.23. The van der Waals surface area contributed by atoms with Crippen molar-refractivity contribution in [3.05, 3.63) is 70.6 Å². The number of aryl methyl sites for hydroxylation is 3. The zero-order valence-electron chi connectivity index (χ0n) is 18.4. The number of methoxy groups -OCH3 is 1. The summed E-state index contributed by atoms with van der Waals surface area (Å²) in [5, 5.41) is 6.82. The Kier molecular flexibility index (Phi) is 7.54. The SMILES string of the molecule is COc1cc(C(=O)NCCCOc2cccc(C)c2)ccc1OCc1c(C)noc1C. The van der Waals surface area contributed by atoms with Gasteiger partial charge in [-0.15, -0.1) is 0 Å². The quantitative estimate of drug-likeness (QED) is 0.486. The summed E-state index contributed by atoms with van der Waals surface area (Å²) in [4.78, 5) is 12.5. The minimum absolute atomic E-state index is 0.175. The van der Waals surface area contributed by atoms with Crippen LogP contribution in [0.4, 0.5) is 0 Å². The van der Waals surface area contributed by atoms with E-state index in [-0.39, 0.29) is 5.91 Å². The molecule has 164 valence electrons. The van der Waals surface area contributed by atoms with Crippen molar-refractivity contribution < 1.29 is 23.5 Å². The third-order valence-corrected chi connectivity index (χ3v) is 4.84. The Balaban J connectivity index is 1.49. The van der Waals surface area contributed by atoms with E-state index < -0.39 is 0 Å². The minimum atomic E-state index is -0.175. The highest BCUT2D eigenvalue weighted by Gasteiger charge is 2.14. The number of hydrogen-bond donors (Lipinski definition) is 1. The molecule has 1 aromatic heterocycles. The van der Waals surface area contributed by atoms with E-state index >= 15 is 0 Å². The first-order valence-electron chi connectivity index (χ1n) is 10.2. The van der Waals surface area contributed by atoms with Gasteiger partial charge < -0.3 is 24.1 Å². The van der Waals surface area contributed by atoms with Crippen molar-refractivity contribution >= 4 is 5.91 Å². The van der Waals surface area contributed by atoms with Crippen LogP contribution in [0, 0.1) is 20.8 Å². The lowest BCUT2D eigenvalue weighted by molar-refractivity contribution is 0.0951. The number of aromatic nitrogens is 1. The second-order valence-corrected chi connectivity index (χ2v) is 7.23. The molecule has 2 aromatic carbocycles. The van der Waals surface area contributed by atoms with E-state index in [0.29, 0.717) is 43.2 Å². The average Bonchev–Trinajstić information content (AvgIpc) is 3.09. The Labute approximate surface area is 182 Å². The van der Waals surface area contributed by atoms with Crippen LogP contribution < -0.4 is 19.5 Å². The predicted octanol–water partition coefficient (Wildman–Crippen LogP) is 4.39. The Hall–Kier alpha value is -3.48.